The molecule has 1 saturated heterocycles. The van der Waals surface area contributed by atoms with Crippen LogP contribution in [0.3, 0.4) is 0 Å². The van der Waals surface area contributed by atoms with Gasteiger partial charge in [-0.25, -0.2) is 0 Å². The number of benzene rings is 1. The fraction of sp³-hybridized carbons (Fsp3) is 0.577. The van der Waals surface area contributed by atoms with Crippen LogP contribution >= 0.6 is 0 Å². The topological polar surface area (TPSA) is 36.0 Å². The van der Waals surface area contributed by atoms with E-state index in [1.54, 1.807) is 0 Å². The summed E-state index contributed by atoms with van der Waals surface area (Å²) in [6.07, 6.45) is 13.8. The summed E-state index contributed by atoms with van der Waals surface area (Å²) in [5, 5.41) is 0. The van der Waals surface area contributed by atoms with Gasteiger partial charge in [0.1, 0.15) is 12.4 Å². The second-order valence-electron chi connectivity index (χ2n) is 9.47. The van der Waals surface area contributed by atoms with Crippen molar-refractivity contribution in [2.24, 2.45) is 0 Å². The Morgan fingerprint density at radius 3 is 2.65 bits per heavy atom. The first-order valence-corrected chi connectivity index (χ1v) is 12.1. The van der Waals surface area contributed by atoms with Crippen LogP contribution in [-0.2, 0) is 17.8 Å². The van der Waals surface area contributed by atoms with E-state index in [9.17, 15) is 4.79 Å². The summed E-state index contributed by atoms with van der Waals surface area (Å²) in [7, 11) is 0. The molecule has 0 radical (unpaired) electrons. The van der Waals surface area contributed by atoms with Crippen LogP contribution in [0.25, 0.3) is 0 Å². The molecule has 4 aliphatic rings. The standard InChI is InChI=1S/C26H35N3O2/c30-26(29-15-13-28(14-16-29)24-7-4-8-24)19-27-12-11-22-17-25(10-9-23(22)18-27)31-20-21-5-2-1-3-6-21/h1-2,5,9-10,17,24H,3-4,6-8,11-16,18-20H2. The molecule has 0 unspecified atom stereocenters. The van der Waals surface area contributed by atoms with E-state index in [4.69, 9.17) is 4.74 Å². The molecule has 2 fully saturated rings. The van der Waals surface area contributed by atoms with Crippen molar-refractivity contribution in [1.29, 1.82) is 0 Å². The molecule has 5 heteroatoms. The zero-order valence-electron chi connectivity index (χ0n) is 18.6. The molecule has 0 aromatic heterocycles. The van der Waals surface area contributed by atoms with Crippen LogP contribution in [0.1, 0.15) is 43.2 Å². The molecule has 2 aliphatic carbocycles. The lowest BCUT2D eigenvalue weighted by atomic mass is 9.91. The molecule has 5 rings (SSSR count). The highest BCUT2D eigenvalue weighted by Crippen LogP contribution is 2.26. The van der Waals surface area contributed by atoms with Gasteiger partial charge in [-0.05, 0) is 60.9 Å². The summed E-state index contributed by atoms with van der Waals surface area (Å²) in [6.45, 7) is 6.92. The molecule has 0 N–H and O–H groups in total. The predicted octanol–water partition coefficient (Wildman–Crippen LogP) is 3.40. The molecule has 0 atom stereocenters. The second kappa shape index (κ2) is 9.58. The zero-order chi connectivity index (χ0) is 21.0. The maximum absolute atomic E-state index is 12.9. The highest BCUT2D eigenvalue weighted by Gasteiger charge is 2.30. The Kier molecular flexibility index (Phi) is 6.42. The Labute approximate surface area is 186 Å². The maximum Gasteiger partial charge on any atom is 0.236 e. The highest BCUT2D eigenvalue weighted by atomic mass is 16.5. The fourth-order valence-electron chi connectivity index (χ4n) is 5.14. The van der Waals surface area contributed by atoms with Crippen molar-refractivity contribution in [1.82, 2.24) is 14.7 Å². The van der Waals surface area contributed by atoms with E-state index in [1.807, 2.05) is 0 Å². The zero-order valence-corrected chi connectivity index (χ0v) is 18.6. The molecule has 1 saturated carbocycles. The molecule has 1 aromatic rings. The molecule has 31 heavy (non-hydrogen) atoms. The number of allylic oxidation sites excluding steroid dienone is 3. The number of amides is 1. The minimum Gasteiger partial charge on any atom is -0.489 e. The number of hydrogen-bond acceptors (Lipinski definition) is 4. The number of piperazine rings is 1. The Balaban J connectivity index is 1.10. The van der Waals surface area contributed by atoms with Crippen molar-refractivity contribution in [3.05, 3.63) is 53.1 Å². The van der Waals surface area contributed by atoms with E-state index in [1.165, 1.54) is 36.0 Å². The van der Waals surface area contributed by atoms with E-state index in [0.29, 0.717) is 19.1 Å². The third kappa shape index (κ3) is 5.04. The Morgan fingerprint density at radius 1 is 1.03 bits per heavy atom. The summed E-state index contributed by atoms with van der Waals surface area (Å²) in [4.78, 5) is 19.8. The Bertz CT molecular complexity index is 850. The Hall–Kier alpha value is -2.11. The van der Waals surface area contributed by atoms with E-state index in [-0.39, 0.29) is 0 Å². The van der Waals surface area contributed by atoms with Gasteiger partial charge in [0.25, 0.3) is 0 Å². The largest absolute Gasteiger partial charge is 0.489 e. The van der Waals surface area contributed by atoms with Crippen molar-refractivity contribution < 1.29 is 9.53 Å². The summed E-state index contributed by atoms with van der Waals surface area (Å²) in [6, 6.07) is 7.27. The van der Waals surface area contributed by atoms with Gasteiger partial charge in [-0.15, -0.1) is 0 Å². The smallest absolute Gasteiger partial charge is 0.236 e. The van der Waals surface area contributed by atoms with Crippen molar-refractivity contribution >= 4 is 5.91 Å². The van der Waals surface area contributed by atoms with Crippen molar-refractivity contribution in [3.8, 4) is 5.75 Å². The second-order valence-corrected chi connectivity index (χ2v) is 9.47. The first kappa shape index (κ1) is 20.8. The van der Waals surface area contributed by atoms with E-state index in [2.05, 4.69) is 51.1 Å². The molecular weight excluding hydrogens is 386 g/mol. The predicted molar refractivity (Wildman–Crippen MR) is 123 cm³/mol. The summed E-state index contributed by atoms with van der Waals surface area (Å²) in [5.74, 6) is 1.26. The van der Waals surface area contributed by atoms with E-state index >= 15 is 0 Å². The number of nitrogens with zero attached hydrogens (tertiary/aromatic N) is 3. The average Bonchev–Trinajstić information content (AvgIpc) is 2.77. The lowest BCUT2D eigenvalue weighted by Gasteiger charge is -2.43. The number of fused-ring (bicyclic) bond motifs is 1. The number of rotatable bonds is 6. The summed E-state index contributed by atoms with van der Waals surface area (Å²) < 4.78 is 6.04. The number of hydrogen-bond donors (Lipinski definition) is 0. The van der Waals surface area contributed by atoms with Crippen LogP contribution in [0.5, 0.6) is 5.75 Å². The lowest BCUT2D eigenvalue weighted by molar-refractivity contribution is -0.135. The van der Waals surface area contributed by atoms with Gasteiger partial charge in [-0.1, -0.05) is 30.7 Å². The van der Waals surface area contributed by atoms with Crippen LogP contribution in [0.15, 0.2) is 42.0 Å². The molecule has 2 heterocycles. The normalized spacial score (nSPS) is 22.6. The van der Waals surface area contributed by atoms with Gasteiger partial charge in [0.2, 0.25) is 5.91 Å². The van der Waals surface area contributed by atoms with Crippen molar-refractivity contribution in [2.45, 2.75) is 51.1 Å². The van der Waals surface area contributed by atoms with Crippen LogP contribution in [0.4, 0.5) is 0 Å². The first-order valence-electron chi connectivity index (χ1n) is 12.1. The van der Waals surface area contributed by atoms with Gasteiger partial charge in [-0.2, -0.15) is 0 Å². The first-order chi connectivity index (χ1) is 15.2. The molecule has 0 spiro atoms. The molecule has 166 valence electrons. The lowest BCUT2D eigenvalue weighted by Crippen LogP contribution is -2.55. The fourth-order valence-corrected chi connectivity index (χ4v) is 5.14. The van der Waals surface area contributed by atoms with Crippen molar-refractivity contribution in [3.63, 3.8) is 0 Å². The minimum atomic E-state index is 0.298. The SMILES string of the molecule is O=C(CN1CCc2cc(OCC3=CC=CCC3)ccc2C1)N1CCN(C2CCC2)CC1. The molecule has 0 bridgehead atoms. The van der Waals surface area contributed by atoms with Gasteiger partial charge in [0, 0.05) is 45.3 Å². The number of ether oxygens (including phenoxy) is 1. The van der Waals surface area contributed by atoms with Crippen LogP contribution in [0.2, 0.25) is 0 Å². The third-order valence-corrected chi connectivity index (χ3v) is 7.41. The average molecular weight is 422 g/mol. The number of carbonyl (C=O) groups excluding carboxylic acids is 1. The molecule has 5 nitrogen and oxygen atoms in total. The minimum absolute atomic E-state index is 0.298. The number of carbonyl (C=O) groups is 1. The van der Waals surface area contributed by atoms with Crippen LogP contribution in [-0.4, -0.2) is 72.5 Å². The van der Waals surface area contributed by atoms with Crippen LogP contribution in [0, 0.1) is 0 Å². The third-order valence-electron chi connectivity index (χ3n) is 7.41. The molecule has 1 aromatic carbocycles. The van der Waals surface area contributed by atoms with E-state index in [0.717, 1.165) is 70.3 Å². The van der Waals surface area contributed by atoms with Gasteiger partial charge in [0.15, 0.2) is 0 Å². The monoisotopic (exact) mass is 421 g/mol. The quantitative estimate of drug-likeness (QED) is 0.705. The van der Waals surface area contributed by atoms with Gasteiger partial charge >= 0.3 is 0 Å². The van der Waals surface area contributed by atoms with Crippen molar-refractivity contribution in [2.75, 3.05) is 45.9 Å². The van der Waals surface area contributed by atoms with Gasteiger partial charge in [0.05, 0.1) is 6.54 Å². The van der Waals surface area contributed by atoms with Gasteiger partial charge in [-0.3, -0.25) is 14.6 Å². The maximum atomic E-state index is 12.9. The van der Waals surface area contributed by atoms with Crippen LogP contribution < -0.4 is 4.74 Å². The molecular formula is C26H35N3O2. The van der Waals surface area contributed by atoms with E-state index < -0.39 is 0 Å². The van der Waals surface area contributed by atoms with Gasteiger partial charge < -0.3 is 9.64 Å². The Morgan fingerprint density at radius 2 is 1.90 bits per heavy atom. The molecule has 2 aliphatic heterocycles. The highest BCUT2D eigenvalue weighted by molar-refractivity contribution is 5.78. The summed E-state index contributed by atoms with van der Waals surface area (Å²) in [5.41, 5.74) is 4.06. The summed E-state index contributed by atoms with van der Waals surface area (Å²) >= 11 is 0. The molecule has 1 amide bonds.